The van der Waals surface area contributed by atoms with Crippen LogP contribution in [-0.4, -0.2) is 11.7 Å². The minimum absolute atomic E-state index is 0.154. The maximum absolute atomic E-state index is 9.59. The van der Waals surface area contributed by atoms with Crippen molar-refractivity contribution in [2.45, 2.75) is 20.3 Å². The Labute approximate surface area is 160 Å². The molecule has 0 spiro atoms. The third-order valence-corrected chi connectivity index (χ3v) is 5.21. The number of aryl methyl sites for hydroxylation is 2. The molecule has 0 fully saturated rings. The van der Waals surface area contributed by atoms with Crippen molar-refractivity contribution in [3.05, 3.63) is 95.6 Å². The van der Waals surface area contributed by atoms with Crippen LogP contribution < -0.4 is 0 Å². The van der Waals surface area contributed by atoms with E-state index in [-0.39, 0.29) is 6.61 Å². The predicted octanol–water partition coefficient (Wildman–Crippen LogP) is 6.33. The number of fused-ring (bicyclic) bond motifs is 1. The van der Waals surface area contributed by atoms with Gasteiger partial charge in [-0.15, -0.1) is 0 Å². The summed E-state index contributed by atoms with van der Waals surface area (Å²) in [7, 11) is 0. The van der Waals surface area contributed by atoms with Crippen LogP contribution in [0.2, 0.25) is 0 Å². The van der Waals surface area contributed by atoms with Gasteiger partial charge in [-0.2, -0.15) is 0 Å². The summed E-state index contributed by atoms with van der Waals surface area (Å²) in [6, 6.07) is 28.3. The molecule has 0 amide bonds. The van der Waals surface area contributed by atoms with Crippen LogP contribution in [0.3, 0.4) is 0 Å². The highest BCUT2D eigenvalue weighted by Crippen LogP contribution is 2.40. The minimum atomic E-state index is 0.154. The summed E-state index contributed by atoms with van der Waals surface area (Å²) in [5.41, 5.74) is 8.63. The maximum atomic E-state index is 9.59. The van der Waals surface area contributed by atoms with E-state index in [4.69, 9.17) is 0 Å². The van der Waals surface area contributed by atoms with Crippen molar-refractivity contribution in [1.29, 1.82) is 0 Å². The second-order valence-electron chi connectivity index (χ2n) is 7.21. The number of benzene rings is 4. The molecule has 1 heteroatoms. The molecule has 4 aromatic carbocycles. The Morgan fingerprint density at radius 2 is 1.22 bits per heavy atom. The molecule has 1 N–H and O–H groups in total. The van der Waals surface area contributed by atoms with Gasteiger partial charge in [0.05, 0.1) is 0 Å². The van der Waals surface area contributed by atoms with Gasteiger partial charge in [0, 0.05) is 6.61 Å². The van der Waals surface area contributed by atoms with E-state index in [1.54, 1.807) is 0 Å². The fourth-order valence-electron chi connectivity index (χ4n) is 3.77. The van der Waals surface area contributed by atoms with E-state index < -0.39 is 0 Å². The Balaban J connectivity index is 2.08. The number of hydrogen-bond acceptors (Lipinski definition) is 1. The lowest BCUT2D eigenvalue weighted by atomic mass is 9.86. The van der Waals surface area contributed by atoms with Crippen molar-refractivity contribution in [3.63, 3.8) is 0 Å². The van der Waals surface area contributed by atoms with Gasteiger partial charge in [0.1, 0.15) is 0 Å². The summed E-state index contributed by atoms with van der Waals surface area (Å²) in [5, 5.41) is 12.1. The van der Waals surface area contributed by atoms with Gasteiger partial charge in [-0.1, -0.05) is 83.9 Å². The van der Waals surface area contributed by atoms with Crippen molar-refractivity contribution in [2.75, 3.05) is 6.61 Å². The zero-order chi connectivity index (χ0) is 18.8. The molecule has 0 bridgehead atoms. The van der Waals surface area contributed by atoms with E-state index in [0.717, 1.165) is 0 Å². The molecule has 0 aliphatic rings. The molecule has 0 saturated carbocycles. The Kier molecular flexibility index (Phi) is 4.79. The molecule has 0 aromatic heterocycles. The molecule has 0 atom stereocenters. The summed E-state index contributed by atoms with van der Waals surface area (Å²) in [6.07, 6.45) is 0.660. The highest BCUT2D eigenvalue weighted by atomic mass is 16.2. The van der Waals surface area contributed by atoms with E-state index in [1.165, 1.54) is 49.7 Å². The first-order valence-corrected chi connectivity index (χ1v) is 9.47. The summed E-state index contributed by atoms with van der Waals surface area (Å²) < 4.78 is 0. The fourth-order valence-corrected chi connectivity index (χ4v) is 3.77. The molecule has 4 aromatic rings. The Morgan fingerprint density at radius 3 is 1.81 bits per heavy atom. The van der Waals surface area contributed by atoms with Crippen LogP contribution in [0.15, 0.2) is 78.9 Å². The second kappa shape index (κ2) is 7.38. The van der Waals surface area contributed by atoms with Crippen LogP contribution in [0.4, 0.5) is 0 Å². The predicted molar refractivity (Wildman–Crippen MR) is 115 cm³/mol. The summed E-state index contributed by atoms with van der Waals surface area (Å²) >= 11 is 0. The lowest BCUT2D eigenvalue weighted by Gasteiger charge is -2.18. The van der Waals surface area contributed by atoms with Crippen LogP contribution in [0.1, 0.15) is 16.7 Å². The molecular formula is C26H24O. The fraction of sp³-hybridized carbons (Fsp3) is 0.154. The smallest absolute Gasteiger partial charge is 0.0471 e. The van der Waals surface area contributed by atoms with Gasteiger partial charge in [-0.05, 0) is 64.9 Å². The molecule has 27 heavy (non-hydrogen) atoms. The van der Waals surface area contributed by atoms with Crippen LogP contribution in [0.25, 0.3) is 33.0 Å². The highest BCUT2D eigenvalue weighted by molar-refractivity contribution is 6.05. The minimum Gasteiger partial charge on any atom is -0.396 e. The van der Waals surface area contributed by atoms with E-state index in [1.807, 2.05) is 0 Å². The van der Waals surface area contributed by atoms with Crippen LogP contribution in [0, 0.1) is 13.8 Å². The van der Waals surface area contributed by atoms with Crippen molar-refractivity contribution in [1.82, 2.24) is 0 Å². The molecule has 0 unspecified atom stereocenters. The standard InChI is InChI=1S/C26H24O/c1-18-7-11-20(12-8-18)25-17-22(15-16-27)23-5-3-4-6-24(23)26(25)21-13-9-19(2)10-14-21/h3-14,17,27H,15-16H2,1-2H3. The molecule has 0 heterocycles. The summed E-state index contributed by atoms with van der Waals surface area (Å²) in [4.78, 5) is 0. The van der Waals surface area contributed by atoms with Crippen molar-refractivity contribution in [3.8, 4) is 22.3 Å². The first-order valence-electron chi connectivity index (χ1n) is 9.47. The van der Waals surface area contributed by atoms with Gasteiger partial charge in [0.25, 0.3) is 0 Å². The first-order chi connectivity index (χ1) is 13.2. The molecule has 134 valence electrons. The molecule has 0 aliphatic heterocycles. The van der Waals surface area contributed by atoms with E-state index >= 15 is 0 Å². The Bertz CT molecular complexity index is 1070. The van der Waals surface area contributed by atoms with Crippen molar-refractivity contribution >= 4 is 10.8 Å². The Morgan fingerprint density at radius 1 is 0.667 bits per heavy atom. The molecule has 0 radical (unpaired) electrons. The highest BCUT2D eigenvalue weighted by Gasteiger charge is 2.15. The van der Waals surface area contributed by atoms with E-state index in [0.29, 0.717) is 6.42 Å². The monoisotopic (exact) mass is 352 g/mol. The largest absolute Gasteiger partial charge is 0.396 e. The van der Waals surface area contributed by atoms with E-state index in [2.05, 4.69) is 92.7 Å². The van der Waals surface area contributed by atoms with Gasteiger partial charge in [-0.3, -0.25) is 0 Å². The van der Waals surface area contributed by atoms with Gasteiger partial charge in [-0.25, -0.2) is 0 Å². The average molecular weight is 352 g/mol. The second-order valence-corrected chi connectivity index (χ2v) is 7.21. The van der Waals surface area contributed by atoms with Gasteiger partial charge < -0.3 is 5.11 Å². The number of aliphatic hydroxyl groups excluding tert-OH is 1. The third kappa shape index (κ3) is 3.39. The maximum Gasteiger partial charge on any atom is 0.0471 e. The zero-order valence-electron chi connectivity index (χ0n) is 15.9. The van der Waals surface area contributed by atoms with Crippen molar-refractivity contribution < 1.29 is 5.11 Å². The molecule has 4 rings (SSSR count). The molecular weight excluding hydrogens is 328 g/mol. The zero-order valence-corrected chi connectivity index (χ0v) is 15.9. The van der Waals surface area contributed by atoms with Gasteiger partial charge in [0.15, 0.2) is 0 Å². The van der Waals surface area contributed by atoms with Crippen LogP contribution >= 0.6 is 0 Å². The van der Waals surface area contributed by atoms with Crippen LogP contribution in [-0.2, 0) is 6.42 Å². The quantitative estimate of drug-likeness (QED) is 0.455. The first kappa shape index (κ1) is 17.5. The summed E-state index contributed by atoms with van der Waals surface area (Å²) in [6.45, 7) is 4.39. The number of aliphatic hydroxyl groups is 1. The van der Waals surface area contributed by atoms with Crippen LogP contribution in [0.5, 0.6) is 0 Å². The third-order valence-electron chi connectivity index (χ3n) is 5.21. The average Bonchev–Trinajstić information content (AvgIpc) is 2.69. The summed E-state index contributed by atoms with van der Waals surface area (Å²) in [5.74, 6) is 0. The lowest BCUT2D eigenvalue weighted by molar-refractivity contribution is 0.300. The molecule has 1 nitrogen and oxygen atoms in total. The number of rotatable bonds is 4. The topological polar surface area (TPSA) is 20.2 Å². The lowest BCUT2D eigenvalue weighted by Crippen LogP contribution is -1.96. The SMILES string of the molecule is Cc1ccc(-c2cc(CCO)c3ccccc3c2-c2ccc(C)cc2)cc1. The molecule has 0 aliphatic carbocycles. The van der Waals surface area contributed by atoms with Crippen molar-refractivity contribution in [2.24, 2.45) is 0 Å². The number of hydrogen-bond donors (Lipinski definition) is 1. The Hall–Kier alpha value is -2.90. The molecule has 0 saturated heterocycles. The van der Waals surface area contributed by atoms with E-state index in [9.17, 15) is 5.11 Å². The van der Waals surface area contributed by atoms with Gasteiger partial charge >= 0.3 is 0 Å². The normalized spacial score (nSPS) is 11.1. The van der Waals surface area contributed by atoms with Gasteiger partial charge in [0.2, 0.25) is 0 Å².